The Morgan fingerprint density at radius 2 is 1.50 bits per heavy atom. The summed E-state index contributed by atoms with van der Waals surface area (Å²) in [4.78, 5) is 24.9. The van der Waals surface area contributed by atoms with Gasteiger partial charge in [0.2, 0.25) is 0 Å². The molecule has 0 bridgehead atoms. The Morgan fingerprint density at radius 1 is 0.923 bits per heavy atom. The molecule has 1 heterocycles. The van der Waals surface area contributed by atoms with Crippen LogP contribution in [0.3, 0.4) is 0 Å². The largest absolute Gasteiger partial charge is 0.462 e. The average Bonchev–Trinajstić information content (AvgIpc) is 2.61. The van der Waals surface area contributed by atoms with E-state index in [1.165, 1.54) is 0 Å². The van der Waals surface area contributed by atoms with Crippen molar-refractivity contribution in [2.45, 2.75) is 85.2 Å². The molecule has 1 aliphatic rings. The van der Waals surface area contributed by atoms with Gasteiger partial charge in [0.05, 0.1) is 18.1 Å². The highest BCUT2D eigenvalue weighted by molar-refractivity contribution is 5.84. The minimum Gasteiger partial charge on any atom is -0.462 e. The van der Waals surface area contributed by atoms with E-state index in [0.29, 0.717) is 12.8 Å². The molecule has 0 spiro atoms. The van der Waals surface area contributed by atoms with Crippen molar-refractivity contribution >= 4 is 11.8 Å². The number of carbonyl (C=O) groups excluding carboxylic acids is 2. The molecule has 0 aromatic heterocycles. The summed E-state index contributed by atoms with van der Waals surface area (Å²) in [5.74, 6) is -2.90. The van der Waals surface area contributed by atoms with Crippen molar-refractivity contribution in [3.8, 4) is 0 Å². The Balaban J connectivity index is 3.13. The molecule has 0 aromatic carbocycles. The van der Waals surface area contributed by atoms with Gasteiger partial charge in [-0.2, -0.15) is 0 Å². The number of ether oxygens (including phenoxy) is 1. The van der Waals surface area contributed by atoms with Crippen LogP contribution in [0.5, 0.6) is 0 Å². The van der Waals surface area contributed by atoms with Crippen LogP contribution >= 0.6 is 0 Å². The third-order valence-corrected chi connectivity index (χ3v) is 5.98. The third kappa shape index (κ3) is 5.51. The normalized spacial score (nSPS) is 44.3. The van der Waals surface area contributed by atoms with Crippen molar-refractivity contribution in [2.75, 3.05) is 0 Å². The molecule has 0 amide bonds. The van der Waals surface area contributed by atoms with Crippen molar-refractivity contribution < 1.29 is 29.6 Å². The lowest BCUT2D eigenvalue weighted by molar-refractivity contribution is -0.163. The minimum absolute atomic E-state index is 0.178. The van der Waals surface area contributed by atoms with E-state index >= 15 is 0 Å². The van der Waals surface area contributed by atoms with Gasteiger partial charge in [0.1, 0.15) is 12.2 Å². The summed E-state index contributed by atoms with van der Waals surface area (Å²) in [6.07, 6.45) is -2.25. The predicted octanol–water partition coefficient (Wildman–Crippen LogP) is 1.93. The fraction of sp³-hybridized carbons (Fsp3) is 0.900. The zero-order chi connectivity index (χ0) is 20.2. The molecule has 0 unspecified atom stereocenters. The zero-order valence-electron chi connectivity index (χ0n) is 16.9. The lowest BCUT2D eigenvalue weighted by Gasteiger charge is -2.34. The number of aliphatic hydroxyl groups excluding tert-OH is 3. The number of cyclic esters (lactones) is 1. The van der Waals surface area contributed by atoms with E-state index in [0.717, 1.165) is 0 Å². The van der Waals surface area contributed by atoms with Crippen LogP contribution in [0.2, 0.25) is 0 Å². The van der Waals surface area contributed by atoms with E-state index in [-0.39, 0.29) is 24.0 Å². The fourth-order valence-corrected chi connectivity index (χ4v) is 3.94. The summed E-state index contributed by atoms with van der Waals surface area (Å²) in [5, 5.41) is 31.4. The molecule has 6 nitrogen and oxygen atoms in total. The molecule has 26 heavy (non-hydrogen) atoms. The van der Waals surface area contributed by atoms with Gasteiger partial charge in [-0.15, -0.1) is 0 Å². The van der Waals surface area contributed by atoms with Crippen LogP contribution in [-0.2, 0) is 14.3 Å². The van der Waals surface area contributed by atoms with Gasteiger partial charge in [-0.05, 0) is 38.0 Å². The van der Waals surface area contributed by atoms with E-state index in [1.54, 1.807) is 20.8 Å². The van der Waals surface area contributed by atoms with Gasteiger partial charge in [-0.25, -0.2) is 0 Å². The minimum atomic E-state index is -1.11. The van der Waals surface area contributed by atoms with Crippen molar-refractivity contribution in [1.29, 1.82) is 0 Å². The fourth-order valence-electron chi connectivity index (χ4n) is 3.94. The maximum Gasteiger partial charge on any atom is 0.311 e. The van der Waals surface area contributed by atoms with Crippen molar-refractivity contribution in [1.82, 2.24) is 0 Å². The molecule has 1 rings (SSSR count). The first-order valence-corrected chi connectivity index (χ1v) is 9.79. The smallest absolute Gasteiger partial charge is 0.311 e. The molecule has 3 N–H and O–H groups in total. The summed E-state index contributed by atoms with van der Waals surface area (Å²) in [7, 11) is 0. The highest BCUT2D eigenvalue weighted by Gasteiger charge is 2.37. The third-order valence-electron chi connectivity index (χ3n) is 5.98. The first-order valence-electron chi connectivity index (χ1n) is 9.79. The Kier molecular flexibility index (Phi) is 8.70. The molecule has 1 saturated heterocycles. The summed E-state index contributed by atoms with van der Waals surface area (Å²) in [6, 6.07) is 0. The van der Waals surface area contributed by atoms with Crippen LogP contribution in [-0.4, -0.2) is 51.5 Å². The van der Waals surface area contributed by atoms with Gasteiger partial charge in [-0.3, -0.25) is 9.59 Å². The second-order valence-electron chi connectivity index (χ2n) is 8.26. The lowest BCUT2D eigenvalue weighted by atomic mass is 9.79. The number of hydrogen-bond donors (Lipinski definition) is 3. The molecular formula is C20H36O6. The molecule has 1 fully saturated rings. The number of rotatable bonds is 1. The predicted molar refractivity (Wildman–Crippen MR) is 98.3 cm³/mol. The SMILES string of the molecule is CC[C@H]1OC(=O)[C@H](C)[C@@H](O)[C@H](C)[C@@H](O)[C@@H](C)C[C@@H](C)C(=O)[C@H](O)C[C@H]1C. The van der Waals surface area contributed by atoms with Crippen molar-refractivity contribution in [3.05, 3.63) is 0 Å². The Bertz CT molecular complexity index is 479. The Morgan fingerprint density at radius 3 is 2.04 bits per heavy atom. The molecule has 0 aromatic rings. The van der Waals surface area contributed by atoms with Crippen LogP contribution in [0, 0.1) is 29.6 Å². The number of ketones is 1. The van der Waals surface area contributed by atoms with Gasteiger partial charge in [0.15, 0.2) is 5.78 Å². The topological polar surface area (TPSA) is 104 Å². The highest BCUT2D eigenvalue weighted by atomic mass is 16.5. The van der Waals surface area contributed by atoms with Crippen molar-refractivity contribution in [3.63, 3.8) is 0 Å². The van der Waals surface area contributed by atoms with Gasteiger partial charge < -0.3 is 20.1 Å². The molecule has 9 atom stereocenters. The van der Waals surface area contributed by atoms with Crippen LogP contribution in [0.15, 0.2) is 0 Å². The number of carbonyl (C=O) groups is 2. The summed E-state index contributed by atoms with van der Waals surface area (Å²) >= 11 is 0. The first kappa shape index (κ1) is 23.1. The monoisotopic (exact) mass is 372 g/mol. The summed E-state index contributed by atoms with van der Waals surface area (Å²) in [5.41, 5.74) is 0. The average molecular weight is 373 g/mol. The molecule has 1 aliphatic heterocycles. The van der Waals surface area contributed by atoms with Gasteiger partial charge >= 0.3 is 5.97 Å². The summed E-state index contributed by atoms with van der Waals surface area (Å²) in [6.45, 7) is 10.6. The second-order valence-corrected chi connectivity index (χ2v) is 8.26. The number of Topliss-reactive ketones (excluding diaryl/α,β-unsaturated/α-hetero) is 1. The molecule has 0 aliphatic carbocycles. The highest BCUT2D eigenvalue weighted by Crippen LogP contribution is 2.29. The Labute approximate surface area is 156 Å². The molecule has 0 saturated carbocycles. The number of hydrogen-bond acceptors (Lipinski definition) is 6. The van der Waals surface area contributed by atoms with E-state index in [9.17, 15) is 24.9 Å². The van der Waals surface area contributed by atoms with Crippen LogP contribution in [0.1, 0.15) is 60.8 Å². The lowest BCUT2D eigenvalue weighted by Crippen LogP contribution is -2.43. The van der Waals surface area contributed by atoms with E-state index in [4.69, 9.17) is 4.74 Å². The molecule has 152 valence electrons. The molecule has 0 radical (unpaired) electrons. The van der Waals surface area contributed by atoms with Gasteiger partial charge in [0.25, 0.3) is 0 Å². The zero-order valence-corrected chi connectivity index (χ0v) is 16.9. The van der Waals surface area contributed by atoms with Crippen LogP contribution in [0.4, 0.5) is 0 Å². The van der Waals surface area contributed by atoms with E-state index in [2.05, 4.69) is 0 Å². The standard InChI is InChI=1S/C20H36O6/c1-7-16-10(2)9-15(21)18(23)12(4)8-11(3)17(22)13(5)19(24)14(6)20(25)26-16/h10-17,19,21-22,24H,7-9H2,1-6H3/t10-,11+,12-,13-,14-,15-,16-,17+,19+/m1/s1. The second kappa shape index (κ2) is 9.81. The molecule has 6 heteroatoms. The molecular weight excluding hydrogens is 336 g/mol. The van der Waals surface area contributed by atoms with Crippen LogP contribution < -0.4 is 0 Å². The van der Waals surface area contributed by atoms with Gasteiger partial charge in [0, 0.05) is 11.8 Å². The van der Waals surface area contributed by atoms with E-state index < -0.39 is 48.1 Å². The number of aliphatic hydroxyl groups is 3. The van der Waals surface area contributed by atoms with Crippen LogP contribution in [0.25, 0.3) is 0 Å². The van der Waals surface area contributed by atoms with E-state index in [1.807, 2.05) is 20.8 Å². The van der Waals surface area contributed by atoms with Crippen molar-refractivity contribution in [2.24, 2.45) is 29.6 Å². The first-order chi connectivity index (χ1) is 12.0. The quantitative estimate of drug-likeness (QED) is 0.608. The number of esters is 1. The summed E-state index contributed by atoms with van der Waals surface area (Å²) < 4.78 is 5.56. The van der Waals surface area contributed by atoms with Gasteiger partial charge in [-0.1, -0.05) is 34.6 Å². The maximum absolute atomic E-state index is 12.5. The Hall–Kier alpha value is -0.980. The maximum atomic E-state index is 12.5.